The van der Waals surface area contributed by atoms with E-state index in [1.54, 1.807) is 31.3 Å². The average Bonchev–Trinajstić information content (AvgIpc) is 3.27. The molecule has 0 radical (unpaired) electrons. The van der Waals surface area contributed by atoms with Crippen molar-refractivity contribution in [1.29, 1.82) is 0 Å². The number of rotatable bonds is 4. The van der Waals surface area contributed by atoms with Crippen molar-refractivity contribution >= 4 is 27.4 Å². The molecule has 0 saturated carbocycles. The Hall–Kier alpha value is -2.51. The molecule has 0 aromatic heterocycles. The first-order valence-electron chi connectivity index (χ1n) is 9.31. The molecule has 2 aromatic carbocycles. The molecule has 2 aliphatic heterocycles. The van der Waals surface area contributed by atoms with Crippen LogP contribution in [-0.4, -0.2) is 44.0 Å². The van der Waals surface area contributed by atoms with Gasteiger partial charge in [-0.3, -0.25) is 9.59 Å². The minimum Gasteiger partial charge on any atom is -0.315 e. The maximum Gasteiger partial charge on any atom is 0.243 e. The smallest absolute Gasteiger partial charge is 0.243 e. The molecule has 6 nitrogen and oxygen atoms in total. The van der Waals surface area contributed by atoms with Gasteiger partial charge in [0.25, 0.3) is 0 Å². The van der Waals surface area contributed by atoms with Crippen LogP contribution in [0.4, 0.5) is 5.69 Å². The highest BCUT2D eigenvalue weighted by Gasteiger charge is 2.40. The number of benzene rings is 2. The topological polar surface area (TPSA) is 74.8 Å². The summed E-state index contributed by atoms with van der Waals surface area (Å²) in [6.07, 6.45) is 1.35. The third kappa shape index (κ3) is 3.04. The van der Waals surface area contributed by atoms with E-state index in [9.17, 15) is 18.0 Å². The Morgan fingerprint density at radius 1 is 1.11 bits per heavy atom. The Bertz CT molecular complexity index is 1060. The molecule has 2 aliphatic rings. The van der Waals surface area contributed by atoms with Gasteiger partial charge in [0.15, 0.2) is 5.78 Å². The molecule has 1 saturated heterocycles. The van der Waals surface area contributed by atoms with E-state index in [0.717, 1.165) is 11.3 Å². The van der Waals surface area contributed by atoms with Crippen LogP contribution in [0.1, 0.15) is 34.3 Å². The Morgan fingerprint density at radius 2 is 1.82 bits per heavy atom. The Labute approximate surface area is 164 Å². The number of hydrogen-bond acceptors (Lipinski definition) is 4. The predicted molar refractivity (Wildman–Crippen MR) is 106 cm³/mol. The summed E-state index contributed by atoms with van der Waals surface area (Å²) >= 11 is 0. The molecule has 1 unspecified atom stereocenters. The van der Waals surface area contributed by atoms with Crippen LogP contribution in [0.15, 0.2) is 47.4 Å². The van der Waals surface area contributed by atoms with Crippen LogP contribution >= 0.6 is 0 Å². The first kappa shape index (κ1) is 18.8. The number of likely N-dealkylation sites (N-methyl/N-ethyl adjacent to an activating group) is 1. The lowest BCUT2D eigenvalue weighted by Gasteiger charge is -2.23. The molecule has 7 heteroatoms. The number of sulfonamides is 1. The van der Waals surface area contributed by atoms with Crippen molar-refractivity contribution in [1.82, 2.24) is 4.31 Å². The van der Waals surface area contributed by atoms with Crippen molar-refractivity contribution in [3.8, 4) is 0 Å². The first-order valence-corrected chi connectivity index (χ1v) is 10.8. The highest BCUT2D eigenvalue weighted by atomic mass is 32.2. The Morgan fingerprint density at radius 3 is 2.54 bits per heavy atom. The van der Waals surface area contributed by atoms with Gasteiger partial charge in [-0.2, -0.15) is 4.31 Å². The van der Waals surface area contributed by atoms with Gasteiger partial charge in [0, 0.05) is 24.8 Å². The van der Waals surface area contributed by atoms with Crippen molar-refractivity contribution in [2.45, 2.75) is 37.1 Å². The largest absolute Gasteiger partial charge is 0.315 e. The number of carbonyl (C=O) groups excluding carboxylic acids is 2. The van der Waals surface area contributed by atoms with Crippen molar-refractivity contribution < 1.29 is 18.0 Å². The molecule has 2 aromatic rings. The Balaban J connectivity index is 1.65. The summed E-state index contributed by atoms with van der Waals surface area (Å²) < 4.78 is 27.9. The number of ketones is 1. The predicted octanol–water partition coefficient (Wildman–Crippen LogP) is 2.55. The zero-order chi connectivity index (χ0) is 20.1. The van der Waals surface area contributed by atoms with E-state index in [0.29, 0.717) is 30.5 Å². The van der Waals surface area contributed by atoms with Crippen LogP contribution in [0.2, 0.25) is 0 Å². The van der Waals surface area contributed by atoms with E-state index in [-0.39, 0.29) is 23.0 Å². The number of Topliss-reactive ketones (excluding diaryl/α,β-unsaturated/α-hetero) is 1. The van der Waals surface area contributed by atoms with Crippen LogP contribution in [0, 0.1) is 6.92 Å². The lowest BCUT2D eigenvalue weighted by molar-refractivity contribution is -0.117. The first-order chi connectivity index (χ1) is 13.3. The normalized spacial score (nSPS) is 19.9. The van der Waals surface area contributed by atoms with Crippen molar-refractivity contribution in [2.75, 3.05) is 18.5 Å². The lowest BCUT2D eigenvalue weighted by Crippen LogP contribution is -2.40. The summed E-state index contributed by atoms with van der Waals surface area (Å²) in [5.74, 6) is -0.227. The van der Waals surface area contributed by atoms with Crippen LogP contribution in [0.25, 0.3) is 0 Å². The van der Waals surface area contributed by atoms with Gasteiger partial charge < -0.3 is 4.90 Å². The molecule has 0 aliphatic carbocycles. The molecular weight excluding hydrogens is 376 g/mol. The van der Waals surface area contributed by atoms with E-state index < -0.39 is 16.1 Å². The SMILES string of the molecule is Cc1ccc(C(=O)C2CCCN2S(=O)(=O)c2ccc3c(c2)CC(=O)N3C)cc1. The molecule has 0 spiro atoms. The molecule has 2 heterocycles. The third-order valence-corrected chi connectivity index (χ3v) is 7.48. The summed E-state index contributed by atoms with van der Waals surface area (Å²) in [7, 11) is -2.14. The Kier molecular flexibility index (Phi) is 4.59. The van der Waals surface area contributed by atoms with Crippen LogP contribution < -0.4 is 4.90 Å². The molecular formula is C21H22N2O4S. The number of hydrogen-bond donors (Lipinski definition) is 0. The number of aryl methyl sites for hydroxylation is 1. The summed E-state index contributed by atoms with van der Waals surface area (Å²) in [5, 5.41) is 0. The average molecular weight is 398 g/mol. The van der Waals surface area contributed by atoms with E-state index in [2.05, 4.69) is 0 Å². The van der Waals surface area contributed by atoms with Gasteiger partial charge in [0.1, 0.15) is 0 Å². The molecule has 1 amide bonds. The fourth-order valence-corrected chi connectivity index (χ4v) is 5.65. The van der Waals surface area contributed by atoms with Gasteiger partial charge in [-0.1, -0.05) is 29.8 Å². The fraction of sp³-hybridized carbons (Fsp3) is 0.333. The van der Waals surface area contributed by atoms with E-state index in [1.165, 1.54) is 15.3 Å². The maximum absolute atomic E-state index is 13.3. The molecule has 0 bridgehead atoms. The van der Waals surface area contributed by atoms with Gasteiger partial charge in [-0.15, -0.1) is 0 Å². The summed E-state index contributed by atoms with van der Waals surface area (Å²) in [6.45, 7) is 2.26. The molecule has 1 atom stereocenters. The number of fused-ring (bicyclic) bond motifs is 1. The zero-order valence-corrected chi connectivity index (χ0v) is 16.7. The summed E-state index contributed by atoms with van der Waals surface area (Å²) in [6, 6.07) is 11.3. The van der Waals surface area contributed by atoms with Crippen molar-refractivity contribution in [3.63, 3.8) is 0 Å². The lowest BCUT2D eigenvalue weighted by atomic mass is 10.0. The highest BCUT2D eigenvalue weighted by molar-refractivity contribution is 7.89. The number of anilines is 1. The van der Waals surface area contributed by atoms with Gasteiger partial charge >= 0.3 is 0 Å². The van der Waals surface area contributed by atoms with Gasteiger partial charge in [0.05, 0.1) is 17.4 Å². The van der Waals surface area contributed by atoms with Gasteiger partial charge in [-0.25, -0.2) is 8.42 Å². The van der Waals surface area contributed by atoms with Crippen molar-refractivity contribution in [3.05, 3.63) is 59.2 Å². The van der Waals surface area contributed by atoms with Gasteiger partial charge in [-0.05, 0) is 43.5 Å². The second-order valence-electron chi connectivity index (χ2n) is 7.42. The van der Waals surface area contributed by atoms with E-state index >= 15 is 0 Å². The summed E-state index contributed by atoms with van der Waals surface area (Å²) in [5.41, 5.74) is 3.01. The standard InChI is InChI=1S/C21H22N2O4S/c1-14-5-7-15(8-6-14)21(25)19-4-3-11-23(19)28(26,27)17-9-10-18-16(12-17)13-20(24)22(18)2/h5-10,12,19H,3-4,11,13H2,1-2H3. The monoisotopic (exact) mass is 398 g/mol. The zero-order valence-electron chi connectivity index (χ0n) is 15.9. The molecule has 0 N–H and O–H groups in total. The fourth-order valence-electron chi connectivity index (χ4n) is 3.94. The van der Waals surface area contributed by atoms with Crippen LogP contribution in [0.3, 0.4) is 0 Å². The minimum atomic E-state index is -3.82. The van der Waals surface area contributed by atoms with Gasteiger partial charge in [0.2, 0.25) is 15.9 Å². The number of nitrogens with zero attached hydrogens (tertiary/aromatic N) is 2. The maximum atomic E-state index is 13.3. The third-order valence-electron chi connectivity index (χ3n) is 5.58. The molecule has 28 heavy (non-hydrogen) atoms. The summed E-state index contributed by atoms with van der Waals surface area (Å²) in [4.78, 5) is 26.5. The molecule has 146 valence electrons. The van der Waals surface area contributed by atoms with E-state index in [1.807, 2.05) is 19.1 Å². The van der Waals surface area contributed by atoms with E-state index in [4.69, 9.17) is 0 Å². The minimum absolute atomic E-state index is 0.0573. The number of carbonyl (C=O) groups is 2. The quantitative estimate of drug-likeness (QED) is 0.742. The van der Waals surface area contributed by atoms with Crippen LogP contribution in [-0.2, 0) is 21.2 Å². The molecule has 4 rings (SSSR count). The van der Waals surface area contributed by atoms with Crippen molar-refractivity contribution in [2.24, 2.45) is 0 Å². The highest BCUT2D eigenvalue weighted by Crippen LogP contribution is 2.33. The van der Waals surface area contributed by atoms with Crippen LogP contribution in [0.5, 0.6) is 0 Å². The molecule has 1 fully saturated rings. The second kappa shape index (κ2) is 6.83. The number of amides is 1. The second-order valence-corrected chi connectivity index (χ2v) is 9.31.